The summed E-state index contributed by atoms with van der Waals surface area (Å²) in [5, 5.41) is 11.0. The molecule has 1 N–H and O–H groups in total. The molecule has 0 saturated heterocycles. The number of benzene rings is 3. The van der Waals surface area contributed by atoms with Gasteiger partial charge in [-0.15, -0.1) is 0 Å². The van der Waals surface area contributed by atoms with Crippen molar-refractivity contribution in [1.82, 2.24) is 0 Å². The van der Waals surface area contributed by atoms with E-state index in [1.807, 2.05) is 78.9 Å². The van der Waals surface area contributed by atoms with Gasteiger partial charge in [-0.1, -0.05) is 104 Å². The molecule has 0 spiro atoms. The molecule has 3 aromatic rings. The van der Waals surface area contributed by atoms with Gasteiger partial charge < -0.3 is 9.84 Å². The van der Waals surface area contributed by atoms with Gasteiger partial charge in [0.25, 0.3) is 0 Å². The number of thioether (sulfide) groups is 1. The SMILES string of the molecule is CC(C)c1ccccc1SC1=C(O)CC(c2ccccc2)(c2ccccc2)OC1=O. The van der Waals surface area contributed by atoms with Gasteiger partial charge in [-0.05, 0) is 17.5 Å². The zero-order valence-electron chi connectivity index (χ0n) is 17.0. The highest BCUT2D eigenvalue weighted by Gasteiger charge is 2.45. The second-order valence-electron chi connectivity index (χ2n) is 7.70. The van der Waals surface area contributed by atoms with Gasteiger partial charge in [-0.25, -0.2) is 4.79 Å². The molecular weight excluding hydrogens is 392 g/mol. The zero-order chi connectivity index (χ0) is 21.1. The fourth-order valence-electron chi connectivity index (χ4n) is 3.84. The maximum atomic E-state index is 13.2. The van der Waals surface area contributed by atoms with Crippen LogP contribution in [0.2, 0.25) is 0 Å². The third-order valence-electron chi connectivity index (χ3n) is 5.36. The number of hydrogen-bond donors (Lipinski definition) is 1. The Morgan fingerprint density at radius 1 is 0.867 bits per heavy atom. The molecule has 152 valence electrons. The molecular formula is C26H24O3S. The lowest BCUT2D eigenvalue weighted by Gasteiger charge is -2.38. The summed E-state index contributed by atoms with van der Waals surface area (Å²) >= 11 is 1.28. The van der Waals surface area contributed by atoms with Crippen LogP contribution in [0.25, 0.3) is 0 Å². The molecule has 0 amide bonds. The average molecular weight is 417 g/mol. The van der Waals surface area contributed by atoms with Crippen molar-refractivity contribution in [1.29, 1.82) is 0 Å². The first-order valence-corrected chi connectivity index (χ1v) is 10.9. The molecule has 4 rings (SSSR count). The number of carbonyl (C=O) groups is 1. The first-order valence-electron chi connectivity index (χ1n) is 10.0. The Bertz CT molecular complexity index is 1030. The molecule has 0 saturated carbocycles. The maximum Gasteiger partial charge on any atom is 0.349 e. The molecule has 0 fully saturated rings. The zero-order valence-corrected chi connectivity index (χ0v) is 17.9. The Balaban J connectivity index is 1.77. The summed E-state index contributed by atoms with van der Waals surface area (Å²) in [6.07, 6.45) is 0.193. The minimum absolute atomic E-state index is 0.0579. The van der Waals surface area contributed by atoms with Gasteiger partial charge in [0, 0.05) is 16.0 Å². The smallest absolute Gasteiger partial charge is 0.349 e. The van der Waals surface area contributed by atoms with E-state index in [1.54, 1.807) is 0 Å². The maximum absolute atomic E-state index is 13.2. The van der Waals surface area contributed by atoms with Gasteiger partial charge in [0.1, 0.15) is 10.7 Å². The second kappa shape index (κ2) is 8.41. The third-order valence-corrected chi connectivity index (χ3v) is 6.56. The Labute approximate surface area is 181 Å². The van der Waals surface area contributed by atoms with Crippen molar-refractivity contribution in [2.24, 2.45) is 0 Å². The van der Waals surface area contributed by atoms with Gasteiger partial charge >= 0.3 is 5.97 Å². The lowest BCUT2D eigenvalue weighted by atomic mass is 9.81. The number of ether oxygens (including phenoxy) is 1. The predicted octanol–water partition coefficient (Wildman–Crippen LogP) is 6.56. The van der Waals surface area contributed by atoms with E-state index in [4.69, 9.17) is 4.74 Å². The molecule has 0 aromatic heterocycles. The summed E-state index contributed by atoms with van der Waals surface area (Å²) in [7, 11) is 0. The molecule has 0 atom stereocenters. The Kier molecular flexibility index (Phi) is 5.69. The van der Waals surface area contributed by atoms with Crippen LogP contribution in [0.3, 0.4) is 0 Å². The molecule has 0 unspecified atom stereocenters. The van der Waals surface area contributed by atoms with Crippen molar-refractivity contribution in [2.45, 2.75) is 36.7 Å². The molecule has 4 heteroatoms. The van der Waals surface area contributed by atoms with Crippen LogP contribution in [0, 0.1) is 0 Å². The summed E-state index contributed by atoms with van der Waals surface area (Å²) in [5.41, 5.74) is 1.76. The van der Waals surface area contributed by atoms with Gasteiger partial charge in [0.15, 0.2) is 5.60 Å². The highest BCUT2D eigenvalue weighted by Crippen LogP contribution is 2.46. The second-order valence-corrected chi connectivity index (χ2v) is 8.75. The fraction of sp³-hybridized carbons (Fsp3) is 0.192. The van der Waals surface area contributed by atoms with Crippen molar-refractivity contribution in [3.63, 3.8) is 0 Å². The number of carbonyl (C=O) groups excluding carboxylic acids is 1. The van der Waals surface area contributed by atoms with Crippen LogP contribution in [0.1, 0.15) is 42.9 Å². The number of rotatable bonds is 5. The Morgan fingerprint density at radius 2 is 1.40 bits per heavy atom. The summed E-state index contributed by atoms with van der Waals surface area (Å²) in [6.45, 7) is 4.23. The van der Waals surface area contributed by atoms with Gasteiger partial charge in [-0.2, -0.15) is 0 Å². The summed E-state index contributed by atoms with van der Waals surface area (Å²) in [6, 6.07) is 27.2. The van der Waals surface area contributed by atoms with E-state index >= 15 is 0 Å². The van der Waals surface area contributed by atoms with E-state index < -0.39 is 11.6 Å². The van der Waals surface area contributed by atoms with Crippen LogP contribution >= 0.6 is 11.8 Å². The monoisotopic (exact) mass is 416 g/mol. The van der Waals surface area contributed by atoms with Crippen LogP contribution in [0.15, 0.2) is 100 Å². The van der Waals surface area contributed by atoms with Crippen molar-refractivity contribution >= 4 is 17.7 Å². The largest absolute Gasteiger partial charge is 0.511 e. The van der Waals surface area contributed by atoms with Crippen molar-refractivity contribution in [2.75, 3.05) is 0 Å². The lowest BCUT2D eigenvalue weighted by Crippen LogP contribution is -2.38. The molecule has 0 bridgehead atoms. The van der Waals surface area contributed by atoms with E-state index in [2.05, 4.69) is 19.9 Å². The standard InChI is InChI=1S/C26H24O3S/c1-18(2)21-15-9-10-16-23(21)30-24-22(27)17-26(29-25(24)28,19-11-5-3-6-12-19)20-13-7-4-8-14-20/h3-16,18,27H,17H2,1-2H3. The molecule has 3 aromatic carbocycles. The van der Waals surface area contributed by atoms with Crippen molar-refractivity contribution in [3.05, 3.63) is 112 Å². The number of aliphatic hydroxyl groups excluding tert-OH is 1. The quantitative estimate of drug-likeness (QED) is 0.478. The fourth-order valence-corrected chi connectivity index (χ4v) is 4.94. The number of esters is 1. The number of cyclic esters (lactones) is 1. The first kappa shape index (κ1) is 20.3. The van der Waals surface area contributed by atoms with Crippen LogP contribution < -0.4 is 0 Å². The molecule has 0 aliphatic carbocycles. The van der Waals surface area contributed by atoms with E-state index in [9.17, 15) is 9.90 Å². The molecule has 3 nitrogen and oxygen atoms in total. The summed E-state index contributed by atoms with van der Waals surface area (Å²) in [5.74, 6) is -0.138. The number of aliphatic hydroxyl groups is 1. The first-order chi connectivity index (χ1) is 14.5. The third kappa shape index (κ3) is 3.75. The van der Waals surface area contributed by atoms with Crippen molar-refractivity contribution in [3.8, 4) is 0 Å². The lowest BCUT2D eigenvalue weighted by molar-refractivity contribution is -0.154. The molecule has 30 heavy (non-hydrogen) atoms. The van der Waals surface area contributed by atoms with Crippen LogP contribution in [0.4, 0.5) is 0 Å². The minimum atomic E-state index is -1.05. The normalized spacial score (nSPS) is 15.9. The van der Waals surface area contributed by atoms with Crippen molar-refractivity contribution < 1.29 is 14.6 Å². The Hall–Kier alpha value is -2.98. The van der Waals surface area contributed by atoms with E-state index in [0.29, 0.717) is 5.92 Å². The van der Waals surface area contributed by atoms with Crippen LogP contribution in [-0.4, -0.2) is 11.1 Å². The summed E-state index contributed by atoms with van der Waals surface area (Å²) < 4.78 is 6.12. The van der Waals surface area contributed by atoms with Crippen LogP contribution in [-0.2, 0) is 15.1 Å². The number of hydrogen-bond acceptors (Lipinski definition) is 4. The van der Waals surface area contributed by atoms with Gasteiger partial charge in [0.2, 0.25) is 0 Å². The highest BCUT2D eigenvalue weighted by molar-refractivity contribution is 8.04. The van der Waals surface area contributed by atoms with Gasteiger partial charge in [-0.3, -0.25) is 0 Å². The Morgan fingerprint density at radius 3 is 1.93 bits per heavy atom. The van der Waals surface area contributed by atoms with Gasteiger partial charge in [0.05, 0.1) is 6.42 Å². The minimum Gasteiger partial charge on any atom is -0.511 e. The predicted molar refractivity (Wildman–Crippen MR) is 120 cm³/mol. The molecule has 1 aliphatic rings. The van der Waals surface area contributed by atoms with E-state index in [1.165, 1.54) is 11.8 Å². The van der Waals surface area contributed by atoms with E-state index in [-0.39, 0.29) is 17.1 Å². The molecule has 1 heterocycles. The average Bonchev–Trinajstić information content (AvgIpc) is 2.77. The highest BCUT2D eigenvalue weighted by atomic mass is 32.2. The van der Waals surface area contributed by atoms with E-state index in [0.717, 1.165) is 21.6 Å². The molecule has 0 radical (unpaired) electrons. The topological polar surface area (TPSA) is 46.5 Å². The summed E-state index contributed by atoms with van der Waals surface area (Å²) in [4.78, 5) is 14.4. The van der Waals surface area contributed by atoms with Crippen LogP contribution in [0.5, 0.6) is 0 Å². The molecule has 1 aliphatic heterocycles.